The van der Waals surface area contributed by atoms with Gasteiger partial charge in [-0.05, 0) is 49.1 Å². The smallest absolute Gasteiger partial charge is 0.266 e. The molecule has 1 aromatic heterocycles. The molecule has 2 N–H and O–H groups in total. The van der Waals surface area contributed by atoms with Gasteiger partial charge < -0.3 is 15.4 Å². The Hall–Kier alpha value is -1.83. The van der Waals surface area contributed by atoms with Gasteiger partial charge in [0.1, 0.15) is 0 Å². The van der Waals surface area contributed by atoms with Crippen molar-refractivity contribution in [2.45, 2.75) is 51.5 Å². The quantitative estimate of drug-likeness (QED) is 0.597. The molecule has 0 bridgehead atoms. The maximum absolute atomic E-state index is 12.8. The Kier molecular flexibility index (Phi) is 7.60. The van der Waals surface area contributed by atoms with Crippen LogP contribution in [0, 0.1) is 12.3 Å². The summed E-state index contributed by atoms with van der Waals surface area (Å²) in [6.45, 7) is 9.19. The van der Waals surface area contributed by atoms with Crippen molar-refractivity contribution in [1.82, 2.24) is 0 Å². The van der Waals surface area contributed by atoms with Crippen molar-refractivity contribution in [2.75, 3.05) is 23.8 Å². The molecule has 0 saturated carbocycles. The minimum Gasteiger partial charge on any atom is -0.381 e. The molecule has 0 radical (unpaired) electrons. The molecule has 0 unspecified atom stereocenters. The Morgan fingerprint density at radius 3 is 2.60 bits per heavy atom. The summed E-state index contributed by atoms with van der Waals surface area (Å²) in [6.07, 6.45) is 2.21. The van der Waals surface area contributed by atoms with E-state index in [-0.39, 0.29) is 11.8 Å². The zero-order valence-electron chi connectivity index (χ0n) is 18.0. The molecule has 1 fully saturated rings. The van der Waals surface area contributed by atoms with Gasteiger partial charge in [0.05, 0.1) is 9.88 Å². The number of nitrogens with one attached hydrogen (secondary N) is 2. The first-order valence-electron chi connectivity index (χ1n) is 10.2. The summed E-state index contributed by atoms with van der Waals surface area (Å²) in [5, 5.41) is 7.25. The largest absolute Gasteiger partial charge is 0.381 e. The number of anilines is 2. The summed E-state index contributed by atoms with van der Waals surface area (Å²) >= 11 is 3.26. The zero-order valence-corrected chi connectivity index (χ0v) is 19.7. The number of thiophene rings is 1. The number of hydrogen-bond donors (Lipinski definition) is 2. The van der Waals surface area contributed by atoms with E-state index in [1.807, 2.05) is 63.7 Å². The number of ether oxygens (including phenoxy) is 1. The molecule has 1 aliphatic rings. The average molecular weight is 447 g/mol. The molecular formula is C23H30N2O3S2. The highest BCUT2D eigenvalue weighted by atomic mass is 32.2. The van der Waals surface area contributed by atoms with Crippen LogP contribution in [0.25, 0.3) is 0 Å². The van der Waals surface area contributed by atoms with Gasteiger partial charge in [0.2, 0.25) is 5.91 Å². The highest BCUT2D eigenvalue weighted by Crippen LogP contribution is 2.30. The number of rotatable bonds is 6. The molecule has 1 aliphatic heterocycles. The van der Waals surface area contributed by atoms with E-state index in [4.69, 9.17) is 4.74 Å². The first-order valence-corrected chi connectivity index (χ1v) is 12.1. The van der Waals surface area contributed by atoms with E-state index < -0.39 is 5.41 Å². The predicted octanol–water partition coefficient (Wildman–Crippen LogP) is 5.71. The van der Waals surface area contributed by atoms with Gasteiger partial charge in [0, 0.05) is 35.3 Å². The van der Waals surface area contributed by atoms with E-state index in [2.05, 4.69) is 16.7 Å². The fraction of sp³-hybridized carbons (Fsp3) is 0.478. The van der Waals surface area contributed by atoms with Crippen molar-refractivity contribution in [3.05, 3.63) is 46.3 Å². The van der Waals surface area contributed by atoms with E-state index in [1.54, 1.807) is 0 Å². The third-order valence-electron chi connectivity index (χ3n) is 4.88. The van der Waals surface area contributed by atoms with Crippen LogP contribution < -0.4 is 10.6 Å². The standard InChI is InChI=1S/C23H30N2O3S2/c1-15-12-19(25-22(27)23(2,3)4)30-20(15)21(26)24-17-7-5-6-16(13-17)14-29-18-8-10-28-11-9-18/h5-7,12-13,18H,8-11,14H2,1-4H3,(H,24,26)(H,25,27). The summed E-state index contributed by atoms with van der Waals surface area (Å²) in [5.74, 6) is 0.712. The minimum atomic E-state index is -0.483. The minimum absolute atomic E-state index is 0.0644. The molecule has 162 valence electrons. The van der Waals surface area contributed by atoms with Crippen LogP contribution in [0.1, 0.15) is 54.4 Å². The third kappa shape index (κ3) is 6.33. The lowest BCUT2D eigenvalue weighted by atomic mass is 9.96. The molecule has 0 aliphatic carbocycles. The lowest BCUT2D eigenvalue weighted by molar-refractivity contribution is -0.123. The van der Waals surface area contributed by atoms with Gasteiger partial charge in [-0.25, -0.2) is 0 Å². The van der Waals surface area contributed by atoms with Gasteiger partial charge in [0.15, 0.2) is 0 Å². The Morgan fingerprint density at radius 1 is 1.17 bits per heavy atom. The van der Waals surface area contributed by atoms with Crippen molar-refractivity contribution >= 4 is 45.6 Å². The summed E-state index contributed by atoms with van der Waals surface area (Å²) in [5.41, 5.74) is 2.36. The van der Waals surface area contributed by atoms with Crippen LogP contribution in [0.5, 0.6) is 0 Å². The topological polar surface area (TPSA) is 67.4 Å². The fourth-order valence-corrected chi connectivity index (χ4v) is 5.15. The lowest BCUT2D eigenvalue weighted by Crippen LogP contribution is -2.27. The Labute approximate surface area is 187 Å². The molecule has 2 heterocycles. The molecule has 5 nitrogen and oxygen atoms in total. The first-order chi connectivity index (χ1) is 14.2. The molecule has 30 heavy (non-hydrogen) atoms. The number of amides is 2. The molecule has 3 rings (SSSR count). The van der Waals surface area contributed by atoms with E-state index in [0.29, 0.717) is 15.1 Å². The summed E-state index contributed by atoms with van der Waals surface area (Å²) in [6, 6.07) is 9.87. The maximum Gasteiger partial charge on any atom is 0.266 e. The molecular weight excluding hydrogens is 416 g/mol. The molecule has 2 amide bonds. The first kappa shape index (κ1) is 22.8. The number of aryl methyl sites for hydroxylation is 1. The van der Waals surface area contributed by atoms with Crippen LogP contribution in [-0.2, 0) is 15.3 Å². The molecule has 1 saturated heterocycles. The van der Waals surface area contributed by atoms with Crippen LogP contribution in [0.2, 0.25) is 0 Å². The molecule has 1 aromatic carbocycles. The van der Waals surface area contributed by atoms with E-state index in [1.165, 1.54) is 16.9 Å². The Balaban J connectivity index is 1.61. The lowest BCUT2D eigenvalue weighted by Gasteiger charge is -2.21. The second-order valence-electron chi connectivity index (χ2n) is 8.60. The monoisotopic (exact) mass is 446 g/mol. The van der Waals surface area contributed by atoms with Crippen molar-refractivity contribution in [3.8, 4) is 0 Å². The average Bonchev–Trinajstić information content (AvgIpc) is 3.07. The van der Waals surface area contributed by atoms with Gasteiger partial charge in [-0.15, -0.1) is 11.3 Å². The van der Waals surface area contributed by atoms with Crippen LogP contribution in [0.3, 0.4) is 0 Å². The van der Waals surface area contributed by atoms with Crippen LogP contribution in [0.4, 0.5) is 10.7 Å². The number of carbonyl (C=O) groups excluding carboxylic acids is 2. The summed E-state index contributed by atoms with van der Waals surface area (Å²) in [7, 11) is 0. The Bertz CT molecular complexity index is 896. The zero-order chi connectivity index (χ0) is 21.7. The van der Waals surface area contributed by atoms with Crippen molar-refractivity contribution in [3.63, 3.8) is 0 Å². The van der Waals surface area contributed by atoms with Gasteiger partial charge >= 0.3 is 0 Å². The number of hydrogen-bond acceptors (Lipinski definition) is 5. The molecule has 0 spiro atoms. The van der Waals surface area contributed by atoms with Gasteiger partial charge in [-0.1, -0.05) is 32.9 Å². The van der Waals surface area contributed by atoms with Crippen molar-refractivity contribution in [1.29, 1.82) is 0 Å². The maximum atomic E-state index is 12.8. The van der Waals surface area contributed by atoms with E-state index in [0.717, 1.165) is 43.1 Å². The van der Waals surface area contributed by atoms with Crippen molar-refractivity contribution < 1.29 is 14.3 Å². The highest BCUT2D eigenvalue weighted by molar-refractivity contribution is 7.99. The van der Waals surface area contributed by atoms with Gasteiger partial charge in [0.25, 0.3) is 5.91 Å². The number of benzene rings is 1. The van der Waals surface area contributed by atoms with Crippen LogP contribution in [0.15, 0.2) is 30.3 Å². The second-order valence-corrected chi connectivity index (χ2v) is 10.9. The second kappa shape index (κ2) is 9.98. The number of carbonyl (C=O) groups is 2. The normalized spacial score (nSPS) is 15.1. The number of thioether (sulfide) groups is 1. The van der Waals surface area contributed by atoms with Gasteiger partial charge in [-0.2, -0.15) is 11.8 Å². The Morgan fingerprint density at radius 2 is 1.90 bits per heavy atom. The SMILES string of the molecule is Cc1cc(NC(=O)C(C)(C)C)sc1C(=O)Nc1cccc(CSC2CCOCC2)c1. The van der Waals surface area contributed by atoms with Gasteiger partial charge in [-0.3, -0.25) is 9.59 Å². The van der Waals surface area contributed by atoms with Crippen molar-refractivity contribution in [2.24, 2.45) is 5.41 Å². The molecule has 0 atom stereocenters. The van der Waals surface area contributed by atoms with E-state index >= 15 is 0 Å². The van der Waals surface area contributed by atoms with E-state index in [9.17, 15) is 9.59 Å². The predicted molar refractivity (Wildman–Crippen MR) is 127 cm³/mol. The summed E-state index contributed by atoms with van der Waals surface area (Å²) in [4.78, 5) is 25.6. The van der Waals surface area contributed by atoms with Crippen LogP contribution >= 0.6 is 23.1 Å². The molecule has 2 aromatic rings. The fourth-order valence-electron chi connectivity index (χ4n) is 3.05. The van der Waals surface area contributed by atoms with Crippen LogP contribution in [-0.4, -0.2) is 30.3 Å². The highest BCUT2D eigenvalue weighted by Gasteiger charge is 2.23. The molecule has 7 heteroatoms. The summed E-state index contributed by atoms with van der Waals surface area (Å²) < 4.78 is 5.42. The third-order valence-corrected chi connectivity index (χ3v) is 7.47.